The van der Waals surface area contributed by atoms with Crippen LogP contribution < -0.4 is 10.2 Å². The predicted octanol–water partition coefficient (Wildman–Crippen LogP) is 4.65. The van der Waals surface area contributed by atoms with Crippen molar-refractivity contribution >= 4 is 23.5 Å². The molecule has 2 heterocycles. The Morgan fingerprint density at radius 2 is 1.94 bits per heavy atom. The van der Waals surface area contributed by atoms with Gasteiger partial charge in [-0.2, -0.15) is 0 Å². The number of nitrogens with zero attached hydrogens (tertiary/aromatic N) is 2. The molecule has 0 spiro atoms. The predicted molar refractivity (Wildman–Crippen MR) is 125 cm³/mol. The number of rotatable bonds is 8. The third kappa shape index (κ3) is 5.68. The van der Waals surface area contributed by atoms with E-state index in [9.17, 15) is 23.2 Å². The van der Waals surface area contributed by atoms with E-state index in [4.69, 9.17) is 4.74 Å². The molecule has 1 atom stereocenters. The second kappa shape index (κ2) is 10.4. The van der Waals surface area contributed by atoms with Gasteiger partial charge in [-0.3, -0.25) is 14.7 Å². The van der Waals surface area contributed by atoms with Gasteiger partial charge in [-0.05, 0) is 61.4 Å². The van der Waals surface area contributed by atoms with Gasteiger partial charge in [0.1, 0.15) is 23.5 Å². The average Bonchev–Trinajstić information content (AvgIpc) is 3.22. The number of nitrogens with one attached hydrogen (secondary N) is 1. The molecule has 0 unspecified atom stereocenters. The smallest absolute Gasteiger partial charge is 0.414 e. The van der Waals surface area contributed by atoms with E-state index in [0.29, 0.717) is 24.2 Å². The van der Waals surface area contributed by atoms with Gasteiger partial charge in [0.2, 0.25) is 0 Å². The number of Topliss-reactive ketones (excluding diaryl/α,β-unsaturated/α-hetero) is 1. The number of hydrogen-bond donors (Lipinski definition) is 1. The summed E-state index contributed by atoms with van der Waals surface area (Å²) in [6, 6.07) is 13.3. The highest BCUT2D eigenvalue weighted by atomic mass is 19.1. The highest BCUT2D eigenvalue weighted by molar-refractivity contribution is 5.95. The summed E-state index contributed by atoms with van der Waals surface area (Å²) < 4.78 is 34.9. The number of ether oxygens (including phenoxy) is 1. The summed E-state index contributed by atoms with van der Waals surface area (Å²) in [7, 11) is 0. The Kier molecular flexibility index (Phi) is 7.14. The van der Waals surface area contributed by atoms with E-state index >= 15 is 0 Å². The summed E-state index contributed by atoms with van der Waals surface area (Å²) in [5.74, 6) is -2.06. The number of amides is 2. The van der Waals surface area contributed by atoms with E-state index in [-0.39, 0.29) is 35.6 Å². The minimum absolute atomic E-state index is 0.00108. The standard InChI is InChI=1S/C26H23F2N3O4/c1-16(32)5-8-20-15-31(26(34)35-20)19-7-10-21(24(28)13-19)17-6-9-22(23(27)12-17)25(33)30-14-18-4-2-3-11-29-18/h2-4,6-7,9-13,20H,5,8,14-15H2,1H3,(H,30,33)/t20-/m0/s1. The first-order valence-corrected chi connectivity index (χ1v) is 11.1. The lowest BCUT2D eigenvalue weighted by atomic mass is 10.0. The van der Waals surface area contributed by atoms with E-state index in [1.807, 2.05) is 0 Å². The molecule has 4 rings (SSSR count). The molecule has 1 N–H and O–H groups in total. The Hall–Kier alpha value is -4.14. The number of aromatic nitrogens is 1. The molecular formula is C26H23F2N3O4. The Morgan fingerprint density at radius 1 is 1.11 bits per heavy atom. The monoisotopic (exact) mass is 479 g/mol. The summed E-state index contributed by atoms with van der Waals surface area (Å²) in [5.41, 5.74) is 1.13. The van der Waals surface area contributed by atoms with Gasteiger partial charge in [-0.15, -0.1) is 0 Å². The first-order valence-electron chi connectivity index (χ1n) is 11.1. The first-order chi connectivity index (χ1) is 16.8. The van der Waals surface area contributed by atoms with E-state index in [1.54, 1.807) is 30.5 Å². The van der Waals surface area contributed by atoms with Crippen LogP contribution in [0, 0.1) is 11.6 Å². The van der Waals surface area contributed by atoms with E-state index in [1.165, 1.54) is 36.1 Å². The van der Waals surface area contributed by atoms with Crippen LogP contribution in [0.1, 0.15) is 35.8 Å². The lowest BCUT2D eigenvalue weighted by Crippen LogP contribution is -2.24. The second-order valence-electron chi connectivity index (χ2n) is 8.22. The van der Waals surface area contributed by atoms with Gasteiger partial charge >= 0.3 is 6.09 Å². The molecular weight excluding hydrogens is 456 g/mol. The fourth-order valence-electron chi connectivity index (χ4n) is 3.79. The van der Waals surface area contributed by atoms with Crippen molar-refractivity contribution in [2.45, 2.75) is 32.4 Å². The number of carbonyl (C=O) groups excluding carboxylic acids is 3. The molecule has 3 aromatic rings. The maximum atomic E-state index is 14.9. The molecule has 1 aliphatic rings. The fraction of sp³-hybridized carbons (Fsp3) is 0.231. The molecule has 7 nitrogen and oxygen atoms in total. The van der Waals surface area contributed by atoms with Crippen molar-refractivity contribution < 1.29 is 27.9 Å². The first kappa shape index (κ1) is 24.0. The third-order valence-electron chi connectivity index (χ3n) is 5.64. The molecule has 1 aliphatic heterocycles. The normalized spacial score (nSPS) is 15.1. The van der Waals surface area contributed by atoms with Crippen molar-refractivity contribution in [1.82, 2.24) is 10.3 Å². The van der Waals surface area contributed by atoms with Crippen LogP contribution in [0.25, 0.3) is 11.1 Å². The van der Waals surface area contributed by atoms with Crippen LogP contribution in [0.2, 0.25) is 0 Å². The Morgan fingerprint density at radius 3 is 2.63 bits per heavy atom. The van der Waals surface area contributed by atoms with Crippen LogP contribution in [0.5, 0.6) is 0 Å². The SMILES string of the molecule is CC(=O)CC[C@H]1CN(c2ccc(-c3ccc(C(=O)NCc4ccccn4)c(F)c3)c(F)c2)C(=O)O1. The number of anilines is 1. The molecule has 35 heavy (non-hydrogen) atoms. The van der Waals surface area contributed by atoms with Gasteiger partial charge in [0.05, 0.1) is 30.0 Å². The zero-order valence-electron chi connectivity index (χ0n) is 19.0. The highest BCUT2D eigenvalue weighted by Gasteiger charge is 2.32. The number of halogens is 2. The van der Waals surface area contributed by atoms with Crippen molar-refractivity contribution in [3.63, 3.8) is 0 Å². The van der Waals surface area contributed by atoms with E-state index in [0.717, 1.165) is 6.07 Å². The number of ketones is 1. The Balaban J connectivity index is 1.45. The molecule has 1 aromatic heterocycles. The molecule has 2 aromatic carbocycles. The van der Waals surface area contributed by atoms with E-state index < -0.39 is 29.7 Å². The van der Waals surface area contributed by atoms with Gasteiger partial charge in [0.15, 0.2) is 0 Å². The van der Waals surface area contributed by atoms with Gasteiger partial charge in [0, 0.05) is 18.2 Å². The fourth-order valence-corrected chi connectivity index (χ4v) is 3.79. The molecule has 1 fully saturated rings. The molecule has 180 valence electrons. The summed E-state index contributed by atoms with van der Waals surface area (Å²) in [4.78, 5) is 41.1. The lowest BCUT2D eigenvalue weighted by molar-refractivity contribution is -0.117. The van der Waals surface area contributed by atoms with Crippen molar-refractivity contribution in [3.8, 4) is 11.1 Å². The number of hydrogen-bond acceptors (Lipinski definition) is 5. The van der Waals surface area contributed by atoms with Crippen LogP contribution in [0.4, 0.5) is 19.3 Å². The lowest BCUT2D eigenvalue weighted by Gasteiger charge is -2.15. The largest absolute Gasteiger partial charge is 0.444 e. The number of carbonyl (C=O) groups is 3. The topological polar surface area (TPSA) is 88.6 Å². The maximum absolute atomic E-state index is 14.9. The highest BCUT2D eigenvalue weighted by Crippen LogP contribution is 2.30. The zero-order chi connectivity index (χ0) is 24.9. The molecule has 2 amide bonds. The molecule has 0 aliphatic carbocycles. The van der Waals surface area contributed by atoms with E-state index in [2.05, 4.69) is 10.3 Å². The van der Waals surface area contributed by atoms with Crippen molar-refractivity contribution in [2.24, 2.45) is 0 Å². The van der Waals surface area contributed by atoms with Gasteiger partial charge in [-0.1, -0.05) is 12.1 Å². The van der Waals surface area contributed by atoms with Crippen LogP contribution in [0.15, 0.2) is 60.8 Å². The zero-order valence-corrected chi connectivity index (χ0v) is 19.0. The second-order valence-corrected chi connectivity index (χ2v) is 8.22. The third-order valence-corrected chi connectivity index (χ3v) is 5.64. The Bertz CT molecular complexity index is 1270. The van der Waals surface area contributed by atoms with Crippen molar-refractivity contribution in [1.29, 1.82) is 0 Å². The molecule has 1 saturated heterocycles. The summed E-state index contributed by atoms with van der Waals surface area (Å²) in [5, 5.41) is 2.60. The number of benzene rings is 2. The number of cyclic esters (lactones) is 1. The Labute approximate surface area is 200 Å². The maximum Gasteiger partial charge on any atom is 0.414 e. The quantitative estimate of drug-likeness (QED) is 0.508. The van der Waals surface area contributed by atoms with Crippen LogP contribution in [-0.2, 0) is 16.1 Å². The molecule has 0 radical (unpaired) electrons. The summed E-state index contributed by atoms with van der Waals surface area (Å²) in [6.07, 6.45) is 1.23. The molecule has 0 bridgehead atoms. The number of pyridine rings is 1. The molecule has 0 saturated carbocycles. The average molecular weight is 479 g/mol. The van der Waals surface area contributed by atoms with Crippen molar-refractivity contribution in [3.05, 3.63) is 83.7 Å². The summed E-state index contributed by atoms with van der Waals surface area (Å²) in [6.45, 7) is 1.82. The van der Waals surface area contributed by atoms with Crippen LogP contribution in [0.3, 0.4) is 0 Å². The van der Waals surface area contributed by atoms with Gasteiger partial charge in [-0.25, -0.2) is 13.6 Å². The van der Waals surface area contributed by atoms with Crippen LogP contribution >= 0.6 is 0 Å². The van der Waals surface area contributed by atoms with Crippen molar-refractivity contribution in [2.75, 3.05) is 11.4 Å². The minimum atomic E-state index is -0.791. The minimum Gasteiger partial charge on any atom is -0.444 e. The summed E-state index contributed by atoms with van der Waals surface area (Å²) >= 11 is 0. The molecule has 9 heteroatoms. The van der Waals surface area contributed by atoms with Crippen LogP contribution in [-0.4, -0.2) is 35.4 Å². The van der Waals surface area contributed by atoms with Gasteiger partial charge < -0.3 is 14.8 Å². The van der Waals surface area contributed by atoms with Gasteiger partial charge in [0.25, 0.3) is 5.91 Å².